The number of hydrogen-bond acceptors (Lipinski definition) is 3. The van der Waals surface area contributed by atoms with Crippen molar-refractivity contribution in [2.24, 2.45) is 0 Å². The van der Waals surface area contributed by atoms with Crippen molar-refractivity contribution in [1.29, 1.82) is 0 Å². The molecule has 1 aromatic rings. The summed E-state index contributed by atoms with van der Waals surface area (Å²) < 4.78 is 5.74. The molecule has 5 nitrogen and oxygen atoms in total. The Balaban J connectivity index is 2.73. The zero-order valence-corrected chi connectivity index (χ0v) is 13.4. The molecule has 2 N–H and O–H groups in total. The molecule has 1 rings (SSSR count). The molecule has 1 aromatic carbocycles. The van der Waals surface area contributed by atoms with Gasteiger partial charge in [-0.25, -0.2) is 0 Å². The lowest BCUT2D eigenvalue weighted by Crippen LogP contribution is -2.45. The van der Waals surface area contributed by atoms with Crippen molar-refractivity contribution in [3.63, 3.8) is 0 Å². The molecule has 110 valence electrons. The highest BCUT2D eigenvalue weighted by molar-refractivity contribution is 9.10. The van der Waals surface area contributed by atoms with Crippen LogP contribution in [0.5, 0.6) is 5.75 Å². The number of rotatable bonds is 6. The third-order valence-corrected chi connectivity index (χ3v) is 3.40. The number of hydrogen-bond donors (Lipinski definition) is 2. The first-order chi connectivity index (χ1) is 9.49. The summed E-state index contributed by atoms with van der Waals surface area (Å²) in [5, 5.41) is 5.40. The molecule has 0 bridgehead atoms. The minimum absolute atomic E-state index is 0.195. The maximum Gasteiger partial charge on any atom is 0.253 e. The smallest absolute Gasteiger partial charge is 0.253 e. The first-order valence-corrected chi connectivity index (χ1v) is 7.21. The van der Waals surface area contributed by atoms with Gasteiger partial charge in [0.05, 0.1) is 12.7 Å². The Morgan fingerprint density at radius 2 is 2.10 bits per heavy atom. The molecule has 6 heteroatoms. The molecule has 0 aromatic heterocycles. The van der Waals surface area contributed by atoms with Gasteiger partial charge in [-0.1, -0.05) is 6.92 Å². The summed E-state index contributed by atoms with van der Waals surface area (Å²) in [6.45, 7) is 4.22. The molecule has 0 radical (unpaired) electrons. The number of nitrogens with one attached hydrogen (secondary N) is 2. The Morgan fingerprint density at radius 3 is 2.70 bits per heavy atom. The van der Waals surface area contributed by atoms with Gasteiger partial charge in [0.25, 0.3) is 5.91 Å². The molecule has 0 spiro atoms. The van der Waals surface area contributed by atoms with Crippen molar-refractivity contribution in [1.82, 2.24) is 10.6 Å². The van der Waals surface area contributed by atoms with Gasteiger partial charge in [0.15, 0.2) is 0 Å². The summed E-state index contributed by atoms with van der Waals surface area (Å²) in [6.07, 6.45) is 0.855. The van der Waals surface area contributed by atoms with Crippen LogP contribution in [0.3, 0.4) is 0 Å². The van der Waals surface area contributed by atoms with E-state index in [1.165, 1.54) is 7.11 Å². The first-order valence-electron chi connectivity index (χ1n) is 6.41. The minimum atomic E-state index is -0.591. The highest BCUT2D eigenvalue weighted by Gasteiger charge is 2.18. The van der Waals surface area contributed by atoms with Gasteiger partial charge in [-0.05, 0) is 47.5 Å². The SMILES string of the molecule is CCCNC(=O)C(C)NC(=O)c1cc(OC)ccc1Br. The quantitative estimate of drug-likeness (QED) is 0.831. The van der Waals surface area contributed by atoms with Crippen molar-refractivity contribution < 1.29 is 14.3 Å². The standard InChI is InChI=1S/C14H19BrN2O3/c1-4-7-16-13(18)9(2)17-14(19)11-8-10(20-3)5-6-12(11)15/h5-6,8-9H,4,7H2,1-3H3,(H,16,18)(H,17,19). The fourth-order valence-electron chi connectivity index (χ4n) is 1.55. The summed E-state index contributed by atoms with van der Waals surface area (Å²) in [4.78, 5) is 23.9. The van der Waals surface area contributed by atoms with Gasteiger partial charge in [-0.3, -0.25) is 9.59 Å². The van der Waals surface area contributed by atoms with Gasteiger partial charge >= 0.3 is 0 Å². The van der Waals surface area contributed by atoms with Crippen LogP contribution in [0.15, 0.2) is 22.7 Å². The zero-order chi connectivity index (χ0) is 15.1. The van der Waals surface area contributed by atoms with E-state index in [1.807, 2.05) is 6.92 Å². The van der Waals surface area contributed by atoms with Crippen LogP contribution in [-0.4, -0.2) is 31.5 Å². The van der Waals surface area contributed by atoms with Crippen molar-refractivity contribution >= 4 is 27.7 Å². The number of benzene rings is 1. The van der Waals surface area contributed by atoms with Gasteiger partial charge in [-0.15, -0.1) is 0 Å². The van der Waals surface area contributed by atoms with Crippen molar-refractivity contribution in [3.8, 4) is 5.75 Å². The van der Waals surface area contributed by atoms with E-state index in [9.17, 15) is 9.59 Å². The summed E-state index contributed by atoms with van der Waals surface area (Å²) in [5.74, 6) is 0.0654. The lowest BCUT2D eigenvalue weighted by molar-refractivity contribution is -0.122. The molecular formula is C14H19BrN2O3. The molecule has 0 saturated carbocycles. The van der Waals surface area contributed by atoms with Gasteiger partial charge in [0, 0.05) is 11.0 Å². The predicted molar refractivity (Wildman–Crippen MR) is 80.9 cm³/mol. The van der Waals surface area contributed by atoms with Crippen LogP contribution < -0.4 is 15.4 Å². The Labute approximate surface area is 127 Å². The fraction of sp³-hybridized carbons (Fsp3) is 0.429. The molecule has 2 amide bonds. The second kappa shape index (κ2) is 7.89. The third kappa shape index (κ3) is 4.52. The molecule has 0 heterocycles. The monoisotopic (exact) mass is 342 g/mol. The number of carbonyl (C=O) groups is 2. The lowest BCUT2D eigenvalue weighted by atomic mass is 10.2. The summed E-state index contributed by atoms with van der Waals surface area (Å²) in [7, 11) is 1.53. The van der Waals surface area contributed by atoms with E-state index in [0.29, 0.717) is 22.3 Å². The average molecular weight is 343 g/mol. The van der Waals surface area contributed by atoms with Crippen LogP contribution in [0.1, 0.15) is 30.6 Å². The second-order valence-electron chi connectivity index (χ2n) is 4.33. The van der Waals surface area contributed by atoms with Crippen LogP contribution in [0, 0.1) is 0 Å². The van der Waals surface area contributed by atoms with E-state index in [4.69, 9.17) is 4.74 Å². The first kappa shape index (κ1) is 16.5. The van der Waals surface area contributed by atoms with Crippen molar-refractivity contribution in [2.45, 2.75) is 26.3 Å². The van der Waals surface area contributed by atoms with E-state index >= 15 is 0 Å². The number of halogens is 1. The zero-order valence-electron chi connectivity index (χ0n) is 11.8. The number of carbonyl (C=O) groups excluding carboxylic acids is 2. The number of amides is 2. The largest absolute Gasteiger partial charge is 0.497 e. The molecule has 0 fully saturated rings. The molecule has 1 atom stereocenters. The second-order valence-corrected chi connectivity index (χ2v) is 5.19. The highest BCUT2D eigenvalue weighted by atomic mass is 79.9. The Bertz CT molecular complexity index is 491. The number of ether oxygens (including phenoxy) is 1. The van der Waals surface area contributed by atoms with E-state index in [0.717, 1.165) is 6.42 Å². The van der Waals surface area contributed by atoms with Gasteiger partial charge in [-0.2, -0.15) is 0 Å². The maximum absolute atomic E-state index is 12.1. The van der Waals surface area contributed by atoms with Crippen LogP contribution in [-0.2, 0) is 4.79 Å². The van der Waals surface area contributed by atoms with Crippen LogP contribution >= 0.6 is 15.9 Å². The molecule has 1 unspecified atom stereocenters. The normalized spacial score (nSPS) is 11.6. The molecule has 0 saturated heterocycles. The van der Waals surface area contributed by atoms with E-state index in [2.05, 4.69) is 26.6 Å². The molecule has 20 heavy (non-hydrogen) atoms. The van der Waals surface area contributed by atoms with Crippen LogP contribution in [0.2, 0.25) is 0 Å². The Kier molecular flexibility index (Phi) is 6.51. The van der Waals surface area contributed by atoms with Crippen LogP contribution in [0.4, 0.5) is 0 Å². The molecule has 0 aliphatic rings. The Hall–Kier alpha value is -1.56. The summed E-state index contributed by atoms with van der Waals surface area (Å²) >= 11 is 3.31. The van der Waals surface area contributed by atoms with Gasteiger partial charge < -0.3 is 15.4 Å². The molecular weight excluding hydrogens is 324 g/mol. The average Bonchev–Trinajstić information content (AvgIpc) is 2.44. The van der Waals surface area contributed by atoms with E-state index in [-0.39, 0.29) is 11.8 Å². The predicted octanol–water partition coefficient (Wildman–Crippen LogP) is 2.10. The topological polar surface area (TPSA) is 67.4 Å². The highest BCUT2D eigenvalue weighted by Crippen LogP contribution is 2.22. The fourth-order valence-corrected chi connectivity index (χ4v) is 1.97. The van der Waals surface area contributed by atoms with E-state index in [1.54, 1.807) is 25.1 Å². The lowest BCUT2D eigenvalue weighted by Gasteiger charge is -2.14. The third-order valence-electron chi connectivity index (χ3n) is 2.71. The number of methoxy groups -OCH3 is 1. The van der Waals surface area contributed by atoms with Crippen molar-refractivity contribution in [2.75, 3.05) is 13.7 Å². The summed E-state index contributed by atoms with van der Waals surface area (Å²) in [5.41, 5.74) is 0.430. The van der Waals surface area contributed by atoms with Crippen LogP contribution in [0.25, 0.3) is 0 Å². The minimum Gasteiger partial charge on any atom is -0.497 e. The van der Waals surface area contributed by atoms with Gasteiger partial charge in [0.1, 0.15) is 11.8 Å². The van der Waals surface area contributed by atoms with Gasteiger partial charge in [0.2, 0.25) is 5.91 Å². The van der Waals surface area contributed by atoms with Crippen molar-refractivity contribution in [3.05, 3.63) is 28.2 Å². The summed E-state index contributed by atoms with van der Waals surface area (Å²) in [6, 6.07) is 4.51. The molecule has 0 aliphatic carbocycles. The maximum atomic E-state index is 12.1. The Morgan fingerprint density at radius 1 is 1.40 bits per heavy atom. The van der Waals surface area contributed by atoms with E-state index < -0.39 is 6.04 Å². The molecule has 0 aliphatic heterocycles.